The van der Waals surface area contributed by atoms with Crippen molar-refractivity contribution in [2.75, 3.05) is 0 Å². The zero-order valence-corrected chi connectivity index (χ0v) is 11.6. The molecule has 2 heterocycles. The van der Waals surface area contributed by atoms with Crippen LogP contribution in [0.4, 0.5) is 0 Å². The Labute approximate surface area is 121 Å². The second-order valence-corrected chi connectivity index (χ2v) is 5.29. The molecular weight excluding hydrogens is 274 g/mol. The van der Waals surface area contributed by atoms with Gasteiger partial charge in [-0.05, 0) is 36.6 Å². The normalized spacial score (nSPS) is 15.3. The van der Waals surface area contributed by atoms with Gasteiger partial charge >= 0.3 is 0 Å². The Bertz CT molecular complexity index is 687. The van der Waals surface area contributed by atoms with E-state index in [1.807, 2.05) is 35.0 Å². The third kappa shape index (κ3) is 3.14. The number of rotatable bonds is 3. The van der Waals surface area contributed by atoms with Crippen molar-refractivity contribution in [1.29, 1.82) is 0 Å². The first-order valence-corrected chi connectivity index (χ1v) is 6.94. The molecule has 1 aliphatic carbocycles. The highest BCUT2D eigenvalue weighted by atomic mass is 35.5. The molecule has 0 saturated heterocycles. The molecule has 2 aromatic heterocycles. The molecule has 0 atom stereocenters. The highest BCUT2D eigenvalue weighted by Gasteiger charge is 2.29. The van der Waals surface area contributed by atoms with Crippen molar-refractivity contribution in [3.8, 4) is 0 Å². The first kappa shape index (κ1) is 13.1. The fourth-order valence-electron chi connectivity index (χ4n) is 1.93. The van der Waals surface area contributed by atoms with Gasteiger partial charge in [-0.25, -0.2) is 4.98 Å². The van der Waals surface area contributed by atoms with Crippen LogP contribution < -0.4 is 5.49 Å². The third-order valence-corrected chi connectivity index (χ3v) is 3.43. The molecule has 2 aromatic rings. The minimum Gasteiger partial charge on any atom is -0.328 e. The van der Waals surface area contributed by atoms with E-state index >= 15 is 0 Å². The molecule has 1 aliphatic rings. The summed E-state index contributed by atoms with van der Waals surface area (Å²) in [5.74, 6) is 0.125. The first-order chi connectivity index (χ1) is 9.72. The molecule has 0 aromatic carbocycles. The fraction of sp³-hybridized carbons (Fsp3) is 0.267. The molecule has 20 heavy (non-hydrogen) atoms. The topological polar surface area (TPSA) is 47.2 Å². The predicted molar refractivity (Wildman–Crippen MR) is 76.1 cm³/mol. The lowest BCUT2D eigenvalue weighted by molar-refractivity contribution is -0.119. The van der Waals surface area contributed by atoms with Crippen LogP contribution in [0.5, 0.6) is 0 Å². The van der Waals surface area contributed by atoms with Crippen LogP contribution in [-0.2, 0) is 11.3 Å². The van der Waals surface area contributed by atoms with Gasteiger partial charge in [-0.1, -0.05) is 23.7 Å². The highest BCUT2D eigenvalue weighted by Crippen LogP contribution is 2.29. The van der Waals surface area contributed by atoms with Gasteiger partial charge in [0.15, 0.2) is 0 Å². The summed E-state index contributed by atoms with van der Waals surface area (Å²) in [6.07, 6.45) is 5.58. The number of nitrogens with zero attached hydrogens (tertiary/aromatic N) is 3. The lowest BCUT2D eigenvalue weighted by atomic mass is 10.3. The number of carbonyl (C=O) groups excluding carboxylic acids is 1. The summed E-state index contributed by atoms with van der Waals surface area (Å²) < 4.78 is 1.94. The summed E-state index contributed by atoms with van der Waals surface area (Å²) in [6.45, 7) is 0.613. The van der Waals surface area contributed by atoms with Crippen LogP contribution in [0.1, 0.15) is 18.4 Å². The van der Waals surface area contributed by atoms with E-state index < -0.39 is 0 Å². The molecule has 5 heteroatoms. The number of hydrogen-bond acceptors (Lipinski definition) is 2. The second-order valence-electron chi connectivity index (χ2n) is 4.90. The number of amides is 1. The van der Waals surface area contributed by atoms with Crippen LogP contribution in [0, 0.1) is 5.92 Å². The zero-order valence-electron chi connectivity index (χ0n) is 10.9. The first-order valence-electron chi connectivity index (χ1n) is 6.57. The van der Waals surface area contributed by atoms with Gasteiger partial charge < -0.3 is 4.57 Å². The SMILES string of the molecule is O=C(N=c1ccccn1Cc1ccc(Cl)nc1)C1CC1. The summed E-state index contributed by atoms with van der Waals surface area (Å²) in [5.41, 5.74) is 1.69. The van der Waals surface area contributed by atoms with Crippen molar-refractivity contribution in [3.63, 3.8) is 0 Å². The number of hydrogen-bond donors (Lipinski definition) is 0. The molecule has 1 fully saturated rings. The quantitative estimate of drug-likeness (QED) is 0.814. The van der Waals surface area contributed by atoms with Gasteiger partial charge in [-0.15, -0.1) is 0 Å². The molecule has 0 unspecified atom stereocenters. The fourth-order valence-corrected chi connectivity index (χ4v) is 2.05. The molecule has 1 amide bonds. The maximum atomic E-state index is 11.8. The second kappa shape index (κ2) is 5.59. The molecule has 1 saturated carbocycles. The van der Waals surface area contributed by atoms with Crippen LogP contribution in [0.25, 0.3) is 0 Å². The Kier molecular flexibility index (Phi) is 3.65. The molecule has 0 bridgehead atoms. The number of halogens is 1. The smallest absolute Gasteiger partial charge is 0.250 e. The van der Waals surface area contributed by atoms with E-state index in [1.165, 1.54) is 0 Å². The summed E-state index contributed by atoms with van der Waals surface area (Å²) >= 11 is 5.78. The Morgan fingerprint density at radius 3 is 2.90 bits per heavy atom. The van der Waals surface area contributed by atoms with E-state index in [-0.39, 0.29) is 11.8 Å². The van der Waals surface area contributed by atoms with Gasteiger partial charge in [0.25, 0.3) is 5.91 Å². The minimum absolute atomic E-state index is 0.0146. The summed E-state index contributed by atoms with van der Waals surface area (Å²) in [4.78, 5) is 20.1. The van der Waals surface area contributed by atoms with E-state index in [4.69, 9.17) is 11.6 Å². The van der Waals surface area contributed by atoms with E-state index in [9.17, 15) is 4.79 Å². The maximum absolute atomic E-state index is 11.8. The Balaban J connectivity index is 1.89. The average Bonchev–Trinajstić information content (AvgIpc) is 3.28. The third-order valence-electron chi connectivity index (χ3n) is 3.21. The van der Waals surface area contributed by atoms with Crippen molar-refractivity contribution in [1.82, 2.24) is 9.55 Å². The van der Waals surface area contributed by atoms with Gasteiger partial charge in [-0.3, -0.25) is 4.79 Å². The van der Waals surface area contributed by atoms with E-state index in [1.54, 1.807) is 12.3 Å². The van der Waals surface area contributed by atoms with Gasteiger partial charge in [0.2, 0.25) is 0 Å². The van der Waals surface area contributed by atoms with Gasteiger partial charge in [0, 0.05) is 18.3 Å². The number of pyridine rings is 2. The maximum Gasteiger partial charge on any atom is 0.250 e. The zero-order chi connectivity index (χ0) is 13.9. The van der Waals surface area contributed by atoms with Crippen LogP contribution in [0.3, 0.4) is 0 Å². The Morgan fingerprint density at radius 2 is 2.20 bits per heavy atom. The number of carbonyl (C=O) groups is 1. The lowest BCUT2D eigenvalue weighted by Crippen LogP contribution is -2.22. The predicted octanol–water partition coefficient (Wildman–Crippen LogP) is 2.42. The average molecular weight is 288 g/mol. The summed E-state index contributed by atoms with van der Waals surface area (Å²) in [7, 11) is 0. The van der Waals surface area contributed by atoms with E-state index in [0.717, 1.165) is 18.4 Å². The lowest BCUT2D eigenvalue weighted by Gasteiger charge is -2.07. The van der Waals surface area contributed by atoms with Crippen molar-refractivity contribution in [2.45, 2.75) is 19.4 Å². The molecular formula is C15H14ClN3O. The van der Waals surface area contributed by atoms with Gasteiger partial charge in [0.05, 0.1) is 6.54 Å². The molecule has 0 spiro atoms. The van der Waals surface area contributed by atoms with Crippen LogP contribution >= 0.6 is 11.6 Å². The van der Waals surface area contributed by atoms with E-state index in [0.29, 0.717) is 17.2 Å². The highest BCUT2D eigenvalue weighted by molar-refractivity contribution is 6.29. The monoisotopic (exact) mass is 287 g/mol. The number of aromatic nitrogens is 2. The molecule has 0 aliphatic heterocycles. The minimum atomic E-state index is -0.0146. The van der Waals surface area contributed by atoms with Crippen LogP contribution in [0.15, 0.2) is 47.7 Å². The van der Waals surface area contributed by atoms with Crippen LogP contribution in [0.2, 0.25) is 5.15 Å². The van der Waals surface area contributed by atoms with Crippen molar-refractivity contribution < 1.29 is 4.79 Å². The van der Waals surface area contributed by atoms with Crippen molar-refractivity contribution in [3.05, 3.63) is 58.9 Å². The Hall–Kier alpha value is -1.94. The Morgan fingerprint density at radius 1 is 1.35 bits per heavy atom. The largest absolute Gasteiger partial charge is 0.328 e. The van der Waals surface area contributed by atoms with Crippen molar-refractivity contribution in [2.24, 2.45) is 10.9 Å². The van der Waals surface area contributed by atoms with E-state index in [2.05, 4.69) is 9.98 Å². The van der Waals surface area contributed by atoms with Crippen LogP contribution in [-0.4, -0.2) is 15.5 Å². The van der Waals surface area contributed by atoms with Crippen molar-refractivity contribution >= 4 is 17.5 Å². The summed E-state index contributed by atoms with van der Waals surface area (Å²) in [5, 5.41) is 0.473. The molecule has 4 nitrogen and oxygen atoms in total. The standard InChI is InChI=1S/C15H14ClN3O/c16-13-7-4-11(9-17-13)10-19-8-2-1-3-14(19)18-15(20)12-5-6-12/h1-4,7-9,12H,5-6,10H2. The molecule has 3 rings (SSSR count). The summed E-state index contributed by atoms with van der Waals surface area (Å²) in [6, 6.07) is 9.33. The van der Waals surface area contributed by atoms with Gasteiger partial charge in [0.1, 0.15) is 10.6 Å². The molecule has 0 radical (unpaired) electrons. The van der Waals surface area contributed by atoms with Gasteiger partial charge in [-0.2, -0.15) is 4.99 Å². The molecule has 0 N–H and O–H groups in total. The molecule has 102 valence electrons.